The number of aryl methyl sites for hydroxylation is 1. The lowest BCUT2D eigenvalue weighted by molar-refractivity contribution is -0.120. The Balaban J connectivity index is 1.46. The van der Waals surface area contributed by atoms with Gasteiger partial charge in [-0.25, -0.2) is 13.4 Å². The zero-order valence-electron chi connectivity index (χ0n) is 18.2. The number of amides is 1. The first kappa shape index (κ1) is 23.7. The highest BCUT2D eigenvalue weighted by Gasteiger charge is 2.33. The molecular formula is C23H24ClN3O4S2. The predicted octanol–water partition coefficient (Wildman–Crippen LogP) is 4.82. The van der Waals surface area contributed by atoms with Crippen LogP contribution in [-0.2, 0) is 14.8 Å². The summed E-state index contributed by atoms with van der Waals surface area (Å²) in [6.45, 7) is 2.47. The minimum Gasteiger partial charge on any atom is -0.497 e. The maximum Gasteiger partial charge on any atom is 0.243 e. The van der Waals surface area contributed by atoms with E-state index >= 15 is 0 Å². The van der Waals surface area contributed by atoms with E-state index in [1.54, 1.807) is 19.2 Å². The number of piperidine rings is 1. The minimum absolute atomic E-state index is 0.131. The van der Waals surface area contributed by atoms with Crippen LogP contribution in [0, 0.1) is 12.8 Å². The van der Waals surface area contributed by atoms with Crippen LogP contribution in [0.15, 0.2) is 53.4 Å². The fourth-order valence-electron chi connectivity index (χ4n) is 3.80. The third kappa shape index (κ3) is 5.22. The lowest BCUT2D eigenvalue weighted by Gasteiger charge is -2.31. The number of nitrogens with one attached hydrogen (secondary N) is 1. The van der Waals surface area contributed by atoms with E-state index in [0.29, 0.717) is 29.5 Å². The fourth-order valence-corrected chi connectivity index (χ4v) is 6.29. The predicted molar refractivity (Wildman–Crippen MR) is 130 cm³/mol. The Morgan fingerprint density at radius 2 is 1.88 bits per heavy atom. The Morgan fingerprint density at radius 3 is 2.55 bits per heavy atom. The first-order valence-corrected chi connectivity index (χ1v) is 13.1. The van der Waals surface area contributed by atoms with Crippen molar-refractivity contribution in [2.45, 2.75) is 24.7 Å². The molecule has 3 aromatic rings. The summed E-state index contributed by atoms with van der Waals surface area (Å²) in [4.78, 5) is 18.7. The third-order valence-electron chi connectivity index (χ3n) is 5.60. The van der Waals surface area contributed by atoms with Crippen molar-refractivity contribution in [1.82, 2.24) is 9.29 Å². The van der Waals surface area contributed by atoms with Crippen LogP contribution in [-0.4, -0.2) is 43.8 Å². The van der Waals surface area contributed by atoms with Crippen molar-refractivity contribution < 1.29 is 17.9 Å². The summed E-state index contributed by atoms with van der Waals surface area (Å²) in [6, 6.07) is 13.6. The third-order valence-corrected chi connectivity index (χ3v) is 8.61. The zero-order chi connectivity index (χ0) is 23.6. The Morgan fingerprint density at radius 1 is 1.18 bits per heavy atom. The molecule has 0 saturated carbocycles. The monoisotopic (exact) mass is 505 g/mol. The zero-order valence-corrected chi connectivity index (χ0v) is 20.6. The smallest absolute Gasteiger partial charge is 0.243 e. The number of ether oxygens (including phenoxy) is 1. The molecule has 0 aliphatic carbocycles. The number of halogens is 1. The number of aromatic nitrogens is 1. The summed E-state index contributed by atoms with van der Waals surface area (Å²) in [5, 5.41) is 3.86. The Kier molecular flexibility index (Phi) is 7.04. The van der Waals surface area contributed by atoms with Crippen LogP contribution in [0.25, 0.3) is 11.3 Å². The molecule has 10 heteroatoms. The van der Waals surface area contributed by atoms with E-state index in [2.05, 4.69) is 10.3 Å². The first-order valence-electron chi connectivity index (χ1n) is 10.5. The van der Waals surface area contributed by atoms with Crippen LogP contribution in [0.5, 0.6) is 5.75 Å². The van der Waals surface area contributed by atoms with Crippen molar-refractivity contribution in [3.63, 3.8) is 0 Å². The van der Waals surface area contributed by atoms with E-state index in [1.165, 1.54) is 27.8 Å². The number of rotatable bonds is 6. The number of hydrogen-bond donors (Lipinski definition) is 1. The van der Waals surface area contributed by atoms with Crippen LogP contribution in [0.1, 0.15) is 17.7 Å². The normalized spacial score (nSPS) is 17.0. The molecule has 1 amide bonds. The molecule has 1 aliphatic rings. The summed E-state index contributed by atoms with van der Waals surface area (Å²) in [5.74, 6) is 0.0890. The van der Waals surface area contributed by atoms with Crippen LogP contribution in [0.3, 0.4) is 0 Å². The lowest BCUT2D eigenvalue weighted by Crippen LogP contribution is -2.43. The molecule has 2 aromatic carbocycles. The SMILES string of the molecule is COc1ccc(-c2nc(NC(=O)C3CCCN(S(=O)(=O)c4ccc(Cl)cc4)C3)sc2C)cc1. The standard InChI is InChI=1S/C23H24ClN3O4S2/c1-15-21(16-5-9-19(31-2)10-6-16)25-23(32-15)26-22(28)17-4-3-13-27(14-17)33(29,30)20-11-7-18(24)8-12-20/h5-12,17H,3-4,13-14H2,1-2H3,(H,25,26,28). The molecule has 1 aliphatic heterocycles. The highest BCUT2D eigenvalue weighted by Crippen LogP contribution is 2.32. The van der Waals surface area contributed by atoms with Crippen molar-refractivity contribution in [2.24, 2.45) is 5.92 Å². The summed E-state index contributed by atoms with van der Waals surface area (Å²) in [7, 11) is -2.08. The molecule has 4 rings (SSSR count). The number of thiazole rings is 1. The van der Waals surface area contributed by atoms with Crippen LogP contribution < -0.4 is 10.1 Å². The molecule has 1 fully saturated rings. The van der Waals surface area contributed by atoms with Gasteiger partial charge in [0.05, 0.1) is 23.6 Å². The molecule has 174 valence electrons. The molecule has 7 nitrogen and oxygen atoms in total. The van der Waals surface area contributed by atoms with Gasteiger partial charge in [-0.15, -0.1) is 11.3 Å². The van der Waals surface area contributed by atoms with Gasteiger partial charge in [0.1, 0.15) is 5.75 Å². The Hall–Kier alpha value is -2.46. The summed E-state index contributed by atoms with van der Waals surface area (Å²) < 4.78 is 32.6. The number of nitrogens with zero attached hydrogens (tertiary/aromatic N) is 2. The number of carbonyl (C=O) groups excluding carboxylic acids is 1. The average Bonchev–Trinajstić information content (AvgIpc) is 3.19. The van der Waals surface area contributed by atoms with E-state index in [0.717, 1.165) is 21.9 Å². The molecule has 1 unspecified atom stereocenters. The lowest BCUT2D eigenvalue weighted by atomic mass is 9.99. The van der Waals surface area contributed by atoms with Crippen molar-refractivity contribution >= 4 is 44.0 Å². The summed E-state index contributed by atoms with van der Waals surface area (Å²) in [5.41, 5.74) is 1.73. The number of hydrogen-bond acceptors (Lipinski definition) is 6. The molecule has 1 N–H and O–H groups in total. The maximum absolute atomic E-state index is 13.0. The molecular weight excluding hydrogens is 482 g/mol. The van der Waals surface area contributed by atoms with Gasteiger partial charge in [-0.1, -0.05) is 11.6 Å². The number of sulfonamides is 1. The Labute approximate surface area is 202 Å². The number of anilines is 1. The second kappa shape index (κ2) is 9.80. The highest BCUT2D eigenvalue weighted by atomic mass is 35.5. The van der Waals surface area contributed by atoms with E-state index in [-0.39, 0.29) is 17.3 Å². The molecule has 2 heterocycles. The van der Waals surface area contributed by atoms with Gasteiger partial charge in [-0.05, 0) is 68.3 Å². The second-order valence-corrected chi connectivity index (χ2v) is 11.4. The van der Waals surface area contributed by atoms with Gasteiger partial charge in [-0.3, -0.25) is 4.79 Å². The number of methoxy groups -OCH3 is 1. The molecule has 1 atom stereocenters. The van der Waals surface area contributed by atoms with Crippen LogP contribution in [0.2, 0.25) is 5.02 Å². The van der Waals surface area contributed by atoms with Gasteiger partial charge < -0.3 is 10.1 Å². The number of carbonyl (C=O) groups is 1. The average molecular weight is 506 g/mol. The molecule has 0 bridgehead atoms. The van der Waals surface area contributed by atoms with Crippen LogP contribution >= 0.6 is 22.9 Å². The van der Waals surface area contributed by atoms with Crippen molar-refractivity contribution in [3.05, 3.63) is 58.4 Å². The van der Waals surface area contributed by atoms with Crippen molar-refractivity contribution in [1.29, 1.82) is 0 Å². The first-order chi connectivity index (χ1) is 15.8. The quantitative estimate of drug-likeness (QED) is 0.519. The van der Waals surface area contributed by atoms with Crippen molar-refractivity contribution in [2.75, 3.05) is 25.5 Å². The molecule has 33 heavy (non-hydrogen) atoms. The van der Waals surface area contributed by atoms with Gasteiger partial charge >= 0.3 is 0 Å². The van der Waals surface area contributed by atoms with Gasteiger partial charge in [-0.2, -0.15) is 4.31 Å². The van der Waals surface area contributed by atoms with Gasteiger partial charge in [0.25, 0.3) is 0 Å². The van der Waals surface area contributed by atoms with E-state index < -0.39 is 15.9 Å². The van der Waals surface area contributed by atoms with E-state index in [4.69, 9.17) is 16.3 Å². The largest absolute Gasteiger partial charge is 0.497 e. The maximum atomic E-state index is 13.0. The fraction of sp³-hybridized carbons (Fsp3) is 0.304. The van der Waals surface area contributed by atoms with E-state index in [9.17, 15) is 13.2 Å². The van der Waals surface area contributed by atoms with E-state index in [1.807, 2.05) is 31.2 Å². The van der Waals surface area contributed by atoms with Crippen LogP contribution in [0.4, 0.5) is 5.13 Å². The van der Waals surface area contributed by atoms with Gasteiger partial charge in [0.15, 0.2) is 5.13 Å². The van der Waals surface area contributed by atoms with Gasteiger partial charge in [0.2, 0.25) is 15.9 Å². The number of benzene rings is 2. The minimum atomic E-state index is -3.69. The summed E-state index contributed by atoms with van der Waals surface area (Å²) >= 11 is 7.28. The molecule has 0 radical (unpaired) electrons. The Bertz CT molecular complexity index is 1240. The second-order valence-electron chi connectivity index (χ2n) is 7.80. The van der Waals surface area contributed by atoms with Gasteiger partial charge in [0, 0.05) is 28.6 Å². The molecule has 0 spiro atoms. The molecule has 1 aromatic heterocycles. The van der Waals surface area contributed by atoms with Crippen molar-refractivity contribution in [3.8, 4) is 17.0 Å². The highest BCUT2D eigenvalue weighted by molar-refractivity contribution is 7.89. The molecule has 1 saturated heterocycles. The topological polar surface area (TPSA) is 88.6 Å². The summed E-state index contributed by atoms with van der Waals surface area (Å²) in [6.07, 6.45) is 1.23.